The number of piperidine rings is 1. The van der Waals surface area contributed by atoms with Crippen LogP contribution in [0.25, 0.3) is 11.1 Å². The van der Waals surface area contributed by atoms with Gasteiger partial charge in [0.1, 0.15) is 11.4 Å². The Labute approximate surface area is 245 Å². The molecule has 0 atom stereocenters. The molecule has 41 heavy (non-hydrogen) atoms. The van der Waals surface area contributed by atoms with Gasteiger partial charge in [0.25, 0.3) is 0 Å². The lowest BCUT2D eigenvalue weighted by molar-refractivity contribution is 0.265. The number of nitrogens with one attached hydrogen (secondary N) is 2. The van der Waals surface area contributed by atoms with Crippen LogP contribution in [0.5, 0.6) is 0 Å². The average molecular weight is 555 g/mol. The van der Waals surface area contributed by atoms with Crippen LogP contribution in [0.15, 0.2) is 64.4 Å². The van der Waals surface area contributed by atoms with Crippen LogP contribution in [-0.4, -0.2) is 40.9 Å². The molecule has 0 unspecified atom stereocenters. The van der Waals surface area contributed by atoms with Gasteiger partial charge in [-0.05, 0) is 98.4 Å². The number of hydrogen-bond donors (Lipinski definition) is 2. The first-order valence-corrected chi connectivity index (χ1v) is 14.9. The fourth-order valence-electron chi connectivity index (χ4n) is 5.31. The van der Waals surface area contributed by atoms with E-state index >= 15 is 0 Å². The minimum atomic E-state index is 0.568. The molecule has 1 saturated carbocycles. The Balaban J connectivity index is 0.000000175. The van der Waals surface area contributed by atoms with Crippen LogP contribution in [0.3, 0.4) is 0 Å². The fourth-order valence-corrected chi connectivity index (χ4v) is 5.31. The summed E-state index contributed by atoms with van der Waals surface area (Å²) in [6, 6.07) is 11.9. The summed E-state index contributed by atoms with van der Waals surface area (Å²) in [5, 5.41) is 6.88. The van der Waals surface area contributed by atoms with Crippen molar-refractivity contribution < 1.29 is 4.42 Å². The summed E-state index contributed by atoms with van der Waals surface area (Å²) in [6.45, 7) is 13.8. The Bertz CT molecular complexity index is 1400. The maximum atomic E-state index is 5.26. The van der Waals surface area contributed by atoms with E-state index in [0.29, 0.717) is 11.3 Å². The first-order valence-electron chi connectivity index (χ1n) is 14.9. The van der Waals surface area contributed by atoms with E-state index in [9.17, 15) is 0 Å². The zero-order valence-corrected chi connectivity index (χ0v) is 25.6. The van der Waals surface area contributed by atoms with E-state index in [1.165, 1.54) is 67.4 Å². The molecule has 1 aliphatic heterocycles. The summed E-state index contributed by atoms with van der Waals surface area (Å²) >= 11 is 0. The topological polar surface area (TPSA) is 88.2 Å². The number of pyridine rings is 2. The number of nitrogens with zero attached hydrogens (tertiary/aromatic N) is 4. The number of fused-ring (bicyclic) bond motifs is 1. The lowest BCUT2D eigenvalue weighted by atomic mass is 9.78. The molecular weight excluding hydrogens is 508 g/mol. The Morgan fingerprint density at radius 3 is 2.51 bits per heavy atom. The van der Waals surface area contributed by atoms with Gasteiger partial charge in [-0.15, -0.1) is 0 Å². The van der Waals surface area contributed by atoms with Gasteiger partial charge in [-0.3, -0.25) is 15.0 Å². The second kappa shape index (κ2) is 14.4. The van der Waals surface area contributed by atoms with Gasteiger partial charge < -0.3 is 15.1 Å². The Kier molecular flexibility index (Phi) is 10.6. The summed E-state index contributed by atoms with van der Waals surface area (Å²) < 4.78 is 5.26. The predicted molar refractivity (Wildman–Crippen MR) is 168 cm³/mol. The molecule has 1 saturated heterocycles. The number of benzene rings is 1. The number of para-hydroxylation sites is 2. The summed E-state index contributed by atoms with van der Waals surface area (Å²) in [5.74, 6) is 2.32. The van der Waals surface area contributed by atoms with Crippen molar-refractivity contribution in [2.45, 2.75) is 79.2 Å². The molecule has 2 N–H and O–H groups in total. The van der Waals surface area contributed by atoms with E-state index in [-0.39, 0.29) is 0 Å². The molecule has 0 radical (unpaired) electrons. The van der Waals surface area contributed by atoms with Gasteiger partial charge >= 0.3 is 0 Å². The number of aromatic nitrogens is 3. The van der Waals surface area contributed by atoms with Crippen molar-refractivity contribution in [3.05, 3.63) is 88.8 Å². The average Bonchev–Trinajstić information content (AvgIpc) is 3.30. The first-order chi connectivity index (χ1) is 19.8. The molecule has 1 aromatic carbocycles. The zero-order chi connectivity index (χ0) is 29.2. The lowest BCUT2D eigenvalue weighted by Crippen LogP contribution is -2.35. The highest BCUT2D eigenvalue weighted by atomic mass is 16.3. The molecule has 0 amide bonds. The summed E-state index contributed by atoms with van der Waals surface area (Å²) in [7, 11) is 1.85. The van der Waals surface area contributed by atoms with Crippen LogP contribution >= 0.6 is 0 Å². The summed E-state index contributed by atoms with van der Waals surface area (Å²) in [6.07, 6.45) is 12.4. The normalized spacial score (nSPS) is 16.6. The molecule has 0 bridgehead atoms. The van der Waals surface area contributed by atoms with Crippen LogP contribution in [-0.2, 0) is 6.54 Å². The third kappa shape index (κ3) is 8.70. The highest BCUT2D eigenvalue weighted by Gasteiger charge is 2.25. The van der Waals surface area contributed by atoms with Crippen LogP contribution in [0.1, 0.15) is 85.7 Å². The fraction of sp³-hybridized carbons (Fsp3) is 0.471. The van der Waals surface area contributed by atoms with Crippen molar-refractivity contribution in [3.63, 3.8) is 0 Å². The molecule has 2 fully saturated rings. The summed E-state index contributed by atoms with van der Waals surface area (Å²) in [4.78, 5) is 17.3. The molecule has 1 aliphatic carbocycles. The largest absolute Gasteiger partial charge is 0.441 e. The molecule has 4 aromatic rings. The number of hydrogen-bond acceptors (Lipinski definition) is 6. The minimum absolute atomic E-state index is 0.568. The van der Waals surface area contributed by atoms with Crippen LogP contribution in [0, 0.1) is 26.2 Å². The maximum Gasteiger partial charge on any atom is 0.192 e. The highest BCUT2D eigenvalue weighted by Crippen LogP contribution is 2.38. The van der Waals surface area contributed by atoms with Gasteiger partial charge in [0.2, 0.25) is 0 Å². The van der Waals surface area contributed by atoms with E-state index in [2.05, 4.69) is 57.4 Å². The van der Waals surface area contributed by atoms with Gasteiger partial charge in [-0.1, -0.05) is 32.4 Å². The van der Waals surface area contributed by atoms with Crippen LogP contribution < -0.4 is 10.6 Å². The number of amidine groups is 1. The molecule has 6 rings (SSSR count). The second-order valence-corrected chi connectivity index (χ2v) is 11.9. The quantitative estimate of drug-likeness (QED) is 0.207. The molecule has 3 aromatic heterocycles. The minimum Gasteiger partial charge on any atom is -0.441 e. The van der Waals surface area contributed by atoms with Crippen molar-refractivity contribution in [1.29, 1.82) is 0 Å². The molecule has 7 nitrogen and oxygen atoms in total. The van der Waals surface area contributed by atoms with E-state index in [1.54, 1.807) is 0 Å². The number of aryl methyl sites for hydroxylation is 3. The SMILES string of the molecule is CC1(C)CCCNC1.CN=C(NCc1ccnc(C)c1)c1c(C)cncc1C1CCC1.Cc1nc2ccccc2o1. The Morgan fingerprint density at radius 2 is 1.90 bits per heavy atom. The molecule has 4 heterocycles. The Morgan fingerprint density at radius 1 is 1.10 bits per heavy atom. The lowest BCUT2D eigenvalue weighted by Gasteiger charge is -2.29. The Hall–Kier alpha value is -3.58. The van der Waals surface area contributed by atoms with E-state index in [1.807, 2.05) is 69.8 Å². The van der Waals surface area contributed by atoms with Gasteiger partial charge in [0.05, 0.1) is 0 Å². The standard InChI is InChI=1S/C19H24N4.C8H7NO.C7H15N/c1-13-10-21-12-17(16-5-4-6-16)18(13)19(20-3)23-11-15-7-8-22-14(2)9-15;1-6-9-7-4-2-3-5-8(7)10-6;1-7(2)4-3-5-8-6-7/h7-10,12,16H,4-6,11H2,1-3H3,(H,20,23);2-5H,1H3;8H,3-6H2,1-2H3. The van der Waals surface area contributed by atoms with Gasteiger partial charge in [-0.2, -0.15) is 0 Å². The molecule has 2 aliphatic rings. The third-order valence-corrected chi connectivity index (χ3v) is 7.80. The monoisotopic (exact) mass is 554 g/mol. The first kappa shape index (κ1) is 30.4. The molecule has 7 heteroatoms. The number of rotatable bonds is 4. The predicted octanol–water partition coefficient (Wildman–Crippen LogP) is 7.06. The van der Waals surface area contributed by atoms with Crippen molar-refractivity contribution in [1.82, 2.24) is 25.6 Å². The van der Waals surface area contributed by atoms with E-state index in [0.717, 1.165) is 35.1 Å². The van der Waals surface area contributed by atoms with E-state index < -0.39 is 0 Å². The van der Waals surface area contributed by atoms with Crippen LogP contribution in [0.2, 0.25) is 0 Å². The van der Waals surface area contributed by atoms with E-state index in [4.69, 9.17) is 4.42 Å². The second-order valence-electron chi connectivity index (χ2n) is 11.9. The smallest absolute Gasteiger partial charge is 0.192 e. The summed E-state index contributed by atoms with van der Waals surface area (Å²) in [5.41, 5.74) is 8.38. The number of aliphatic imine (C=N–C) groups is 1. The van der Waals surface area contributed by atoms with Crippen molar-refractivity contribution >= 4 is 16.9 Å². The van der Waals surface area contributed by atoms with Gasteiger partial charge in [-0.25, -0.2) is 4.98 Å². The van der Waals surface area contributed by atoms with Gasteiger partial charge in [0.15, 0.2) is 11.5 Å². The maximum absolute atomic E-state index is 5.26. The van der Waals surface area contributed by atoms with Gasteiger partial charge in [0, 0.05) is 56.9 Å². The molecular formula is C34H46N6O. The highest BCUT2D eigenvalue weighted by molar-refractivity contribution is 6.01. The molecule has 218 valence electrons. The molecule has 0 spiro atoms. The third-order valence-electron chi connectivity index (χ3n) is 7.80. The van der Waals surface area contributed by atoms with Crippen LogP contribution in [0.4, 0.5) is 0 Å². The zero-order valence-electron chi connectivity index (χ0n) is 25.6. The number of oxazole rings is 1. The van der Waals surface area contributed by atoms with Crippen molar-refractivity contribution in [2.24, 2.45) is 10.4 Å². The van der Waals surface area contributed by atoms with Crippen molar-refractivity contribution in [3.8, 4) is 0 Å². The van der Waals surface area contributed by atoms with Crippen molar-refractivity contribution in [2.75, 3.05) is 20.1 Å².